The van der Waals surface area contributed by atoms with E-state index in [4.69, 9.17) is 39.6 Å². The smallest absolute Gasteiger partial charge is 0.300 e. The first-order valence-electron chi connectivity index (χ1n) is 7.64. The van der Waals surface area contributed by atoms with E-state index in [-0.39, 0.29) is 0 Å². The number of hydrogen-bond acceptors (Lipinski definition) is 5. The molecule has 0 aliphatic heterocycles. The van der Waals surface area contributed by atoms with Crippen LogP contribution in [0.1, 0.15) is 27.7 Å². The number of aromatic nitrogens is 1. The Hall–Kier alpha value is -3.75. The van der Waals surface area contributed by atoms with Gasteiger partial charge in [0.05, 0.1) is 5.69 Å². The number of carboxylic acid groups (broad SMARTS) is 4. The maximum absolute atomic E-state index is 9.00. The maximum atomic E-state index is 9.00. The van der Waals surface area contributed by atoms with Crippen LogP contribution in [0.2, 0.25) is 0 Å². The molecule has 9 nitrogen and oxygen atoms in total. The lowest BCUT2D eigenvalue weighted by Gasteiger charge is -1.97. The lowest BCUT2D eigenvalue weighted by atomic mass is 10.1. The van der Waals surface area contributed by atoms with Gasteiger partial charge in [-0.15, -0.1) is 0 Å². The van der Waals surface area contributed by atoms with Gasteiger partial charge in [-0.25, -0.2) is 0 Å². The van der Waals surface area contributed by atoms with E-state index in [0.29, 0.717) is 0 Å². The molecule has 0 saturated carbocycles. The molecule has 0 spiro atoms. The highest BCUT2D eigenvalue weighted by molar-refractivity contribution is 5.63. The second kappa shape index (κ2) is 19.6. The van der Waals surface area contributed by atoms with Gasteiger partial charge in [-0.1, -0.05) is 36.4 Å². The Morgan fingerprint density at radius 1 is 0.607 bits per heavy atom. The van der Waals surface area contributed by atoms with Crippen molar-refractivity contribution in [3.8, 4) is 11.3 Å². The Morgan fingerprint density at radius 2 is 0.929 bits per heavy atom. The molecule has 0 amide bonds. The third-order valence-corrected chi connectivity index (χ3v) is 1.73. The number of pyridine rings is 1. The summed E-state index contributed by atoms with van der Waals surface area (Å²) in [6, 6.07) is 16.1. The summed E-state index contributed by atoms with van der Waals surface area (Å²) in [5.74, 6) is -3.33. The first kappa shape index (κ1) is 29.0. The molecule has 0 bridgehead atoms. The normalized spacial score (nSPS) is 7.71. The molecule has 9 heteroatoms. The van der Waals surface area contributed by atoms with Crippen LogP contribution in [0.15, 0.2) is 54.7 Å². The fourth-order valence-electron chi connectivity index (χ4n) is 1.14. The third-order valence-electron chi connectivity index (χ3n) is 1.73. The minimum absolute atomic E-state index is 0.833. The second-order valence-corrected chi connectivity index (χ2v) is 4.66. The van der Waals surface area contributed by atoms with Crippen LogP contribution in [0, 0.1) is 0 Å². The van der Waals surface area contributed by atoms with Gasteiger partial charge < -0.3 is 20.4 Å². The third kappa shape index (κ3) is 38.0. The van der Waals surface area contributed by atoms with Gasteiger partial charge in [0.1, 0.15) is 0 Å². The van der Waals surface area contributed by atoms with Gasteiger partial charge in [0.2, 0.25) is 0 Å². The van der Waals surface area contributed by atoms with Crippen molar-refractivity contribution in [2.45, 2.75) is 27.7 Å². The number of benzene rings is 1. The predicted molar refractivity (Wildman–Crippen MR) is 103 cm³/mol. The summed E-state index contributed by atoms with van der Waals surface area (Å²) >= 11 is 0. The first-order valence-corrected chi connectivity index (χ1v) is 7.64. The summed E-state index contributed by atoms with van der Waals surface area (Å²) in [7, 11) is 0. The zero-order chi connectivity index (χ0) is 22.5. The molecule has 1 aromatic carbocycles. The van der Waals surface area contributed by atoms with E-state index in [9.17, 15) is 0 Å². The van der Waals surface area contributed by atoms with E-state index >= 15 is 0 Å². The van der Waals surface area contributed by atoms with Crippen molar-refractivity contribution in [2.75, 3.05) is 0 Å². The second-order valence-electron chi connectivity index (χ2n) is 4.66. The van der Waals surface area contributed by atoms with E-state index in [0.717, 1.165) is 39.0 Å². The van der Waals surface area contributed by atoms with Crippen molar-refractivity contribution in [3.05, 3.63) is 54.7 Å². The molecule has 0 atom stereocenters. The zero-order valence-corrected chi connectivity index (χ0v) is 16.1. The molecular weight excluding hydrogens is 370 g/mol. The molecule has 1 aromatic heterocycles. The summed E-state index contributed by atoms with van der Waals surface area (Å²) in [6.45, 7) is 4.33. The molecule has 1 heterocycles. The van der Waals surface area contributed by atoms with Gasteiger partial charge in [-0.2, -0.15) is 0 Å². The van der Waals surface area contributed by atoms with Crippen LogP contribution >= 0.6 is 0 Å². The van der Waals surface area contributed by atoms with E-state index in [1.807, 2.05) is 42.6 Å². The number of hydrogen-bond donors (Lipinski definition) is 4. The summed E-state index contributed by atoms with van der Waals surface area (Å²) < 4.78 is 0. The van der Waals surface area contributed by atoms with Crippen LogP contribution < -0.4 is 0 Å². The predicted octanol–water partition coefficient (Wildman–Crippen LogP) is 3.11. The van der Waals surface area contributed by atoms with Crippen LogP contribution in [-0.2, 0) is 19.2 Å². The molecule has 0 aliphatic rings. The number of carbonyl (C=O) groups is 4. The molecule has 28 heavy (non-hydrogen) atoms. The van der Waals surface area contributed by atoms with Gasteiger partial charge >= 0.3 is 0 Å². The molecule has 154 valence electrons. The molecule has 0 unspecified atom stereocenters. The molecular formula is C19H25NO8. The topological polar surface area (TPSA) is 162 Å². The first-order chi connectivity index (χ1) is 12.9. The van der Waals surface area contributed by atoms with Crippen LogP contribution in [-0.4, -0.2) is 49.3 Å². The van der Waals surface area contributed by atoms with Gasteiger partial charge in [-0.05, 0) is 12.1 Å². The average Bonchev–Trinajstić information content (AvgIpc) is 2.54. The Balaban J connectivity index is -0.000000328. The van der Waals surface area contributed by atoms with Crippen molar-refractivity contribution in [1.29, 1.82) is 0 Å². The fraction of sp³-hybridized carbons (Fsp3) is 0.211. The number of aliphatic carboxylic acids is 4. The van der Waals surface area contributed by atoms with Gasteiger partial charge in [0, 0.05) is 39.5 Å². The Labute approximate surface area is 162 Å². The quantitative estimate of drug-likeness (QED) is 0.568. The Kier molecular flexibility index (Phi) is 20.3. The molecule has 4 N–H and O–H groups in total. The van der Waals surface area contributed by atoms with Gasteiger partial charge in [-0.3, -0.25) is 24.2 Å². The van der Waals surface area contributed by atoms with Crippen molar-refractivity contribution in [3.63, 3.8) is 0 Å². The van der Waals surface area contributed by atoms with Crippen molar-refractivity contribution < 1.29 is 39.6 Å². The lowest BCUT2D eigenvalue weighted by Crippen LogP contribution is -1.79. The standard InChI is InChI=1S/C11H9N.4C2H4O2/c1-2-6-10(7-3-1)11-8-4-5-9-12-11;4*1-2(3)4/h1-9H;4*1H3,(H,3,4). The Bertz CT molecular complexity index is 586. The summed E-state index contributed by atoms with van der Waals surface area (Å²) in [5, 5.41) is 29.7. The SMILES string of the molecule is CC(=O)O.CC(=O)O.CC(=O)O.CC(=O)O.c1ccc(-c2ccccn2)cc1. The average molecular weight is 395 g/mol. The van der Waals surface area contributed by atoms with E-state index in [1.54, 1.807) is 0 Å². The number of carboxylic acids is 4. The highest BCUT2D eigenvalue weighted by Gasteiger charge is 1.93. The molecule has 2 aromatic rings. The molecule has 0 fully saturated rings. The summed E-state index contributed by atoms with van der Waals surface area (Å²) in [6.07, 6.45) is 1.81. The number of nitrogens with zero attached hydrogens (tertiary/aromatic N) is 1. The van der Waals surface area contributed by atoms with Gasteiger partial charge in [0.25, 0.3) is 23.9 Å². The monoisotopic (exact) mass is 395 g/mol. The minimum Gasteiger partial charge on any atom is -0.481 e. The lowest BCUT2D eigenvalue weighted by molar-refractivity contribution is -0.135. The van der Waals surface area contributed by atoms with Crippen LogP contribution in [0.4, 0.5) is 0 Å². The summed E-state index contributed by atoms with van der Waals surface area (Å²) in [5.41, 5.74) is 2.19. The van der Waals surface area contributed by atoms with E-state index < -0.39 is 23.9 Å². The molecule has 0 saturated heterocycles. The van der Waals surface area contributed by atoms with E-state index in [2.05, 4.69) is 17.1 Å². The van der Waals surface area contributed by atoms with Crippen molar-refractivity contribution in [1.82, 2.24) is 4.98 Å². The van der Waals surface area contributed by atoms with Crippen LogP contribution in [0.5, 0.6) is 0 Å². The fourth-order valence-corrected chi connectivity index (χ4v) is 1.14. The van der Waals surface area contributed by atoms with Gasteiger partial charge in [0.15, 0.2) is 0 Å². The van der Waals surface area contributed by atoms with Crippen LogP contribution in [0.3, 0.4) is 0 Å². The molecule has 0 aliphatic carbocycles. The molecule has 2 rings (SSSR count). The minimum atomic E-state index is -0.833. The van der Waals surface area contributed by atoms with Crippen molar-refractivity contribution in [2.24, 2.45) is 0 Å². The van der Waals surface area contributed by atoms with Crippen LogP contribution in [0.25, 0.3) is 11.3 Å². The largest absolute Gasteiger partial charge is 0.481 e. The van der Waals surface area contributed by atoms with Crippen molar-refractivity contribution >= 4 is 23.9 Å². The highest BCUT2D eigenvalue weighted by Crippen LogP contribution is 2.14. The highest BCUT2D eigenvalue weighted by atomic mass is 16.4. The number of rotatable bonds is 1. The Morgan fingerprint density at radius 3 is 1.21 bits per heavy atom. The van der Waals surface area contributed by atoms with E-state index in [1.165, 1.54) is 0 Å². The maximum Gasteiger partial charge on any atom is 0.300 e. The molecule has 0 radical (unpaired) electrons. The zero-order valence-electron chi connectivity index (χ0n) is 16.1. The summed E-state index contributed by atoms with van der Waals surface area (Å²) in [4.78, 5) is 40.2.